The standard InChI is InChI=1S/C56H82N8O11/c1-14-33(6)25-40-51(69)58-39(48(67)38-28-64(56(9,10)44-30-75-44)41-23-19-18-22-37(38)41)27-45(66)62(11)43(26-34(7)29-65)52(70)57-35(8)50(68)61-47(49(74-13)36-20-16-15-17-21-36)54(72)60-46(32(4)5)55(73)63(12)42(24-31(2)3)53(71)59-40/h14-23,28,31-35,39-40,42-44,46-49,65,67H,1,24-27,29-30H2,2-13H3,(H,57,70)(H,58,69)(H,59,71)(H,60,72)(H,61,68)/t33-,34+,35-,39?,40-,42-,43-,44-,46-,47?,48+,49+/m0/s1. The highest BCUT2D eigenvalue weighted by molar-refractivity contribution is 5.98. The first-order chi connectivity index (χ1) is 35.4. The number of likely N-dealkylation sites (N-methyl/N-ethyl adjacent to an activating group) is 2. The predicted octanol–water partition coefficient (Wildman–Crippen LogP) is 3.63. The van der Waals surface area contributed by atoms with Crippen LogP contribution < -0.4 is 26.6 Å². The summed E-state index contributed by atoms with van der Waals surface area (Å²) in [6.07, 6.45) is 0.265. The van der Waals surface area contributed by atoms with Crippen molar-refractivity contribution >= 4 is 52.3 Å². The van der Waals surface area contributed by atoms with Crippen LogP contribution in [0.5, 0.6) is 0 Å². The SMILES string of the molecule is C=C[C@H](C)C[C@@H]1NC(=O)[C@H](CC(C)C)N(C)C(=O)[C@H](C(C)C)NC(=O)C([C@H](OC)c2ccccc2)NC(=O)[C@H](C)NC(=O)[C@H](C[C@@H](C)CO)N(C)C(=O)CC([C@H](O)c2cn(C(C)(C)[C@@H]3CO3)c3ccccc23)NC1=O. The number of fused-ring (bicyclic) bond motifs is 1. The number of carbonyl (C=O) groups excluding carboxylic acids is 7. The van der Waals surface area contributed by atoms with Crippen molar-refractivity contribution in [1.82, 2.24) is 41.0 Å². The van der Waals surface area contributed by atoms with Gasteiger partial charge in [-0.2, -0.15) is 0 Å². The highest BCUT2D eigenvalue weighted by Gasteiger charge is 2.44. The second-order valence-corrected chi connectivity index (χ2v) is 21.9. The Bertz CT molecular complexity index is 2490. The number of methoxy groups -OCH3 is 1. The number of epoxide rings is 1. The Hall–Kier alpha value is -6.15. The highest BCUT2D eigenvalue weighted by Crippen LogP contribution is 2.38. The zero-order valence-corrected chi connectivity index (χ0v) is 45.8. The molecule has 2 aliphatic heterocycles. The van der Waals surface area contributed by atoms with Crippen molar-refractivity contribution in [2.24, 2.45) is 23.7 Å². The van der Waals surface area contributed by atoms with E-state index in [-0.39, 0.29) is 43.8 Å². The Balaban J connectivity index is 1.67. The molecule has 5 rings (SSSR count). The second-order valence-electron chi connectivity index (χ2n) is 21.9. The Morgan fingerprint density at radius 2 is 1.37 bits per heavy atom. The maximum atomic E-state index is 15.0. The fourth-order valence-electron chi connectivity index (χ4n) is 9.70. The van der Waals surface area contributed by atoms with E-state index in [4.69, 9.17) is 9.47 Å². The van der Waals surface area contributed by atoms with Gasteiger partial charge in [0.05, 0.1) is 18.2 Å². The summed E-state index contributed by atoms with van der Waals surface area (Å²) in [5, 5.41) is 37.6. The molecule has 12 atom stereocenters. The summed E-state index contributed by atoms with van der Waals surface area (Å²) in [4.78, 5) is 105. The van der Waals surface area contributed by atoms with Crippen LogP contribution in [0.15, 0.2) is 73.4 Å². The van der Waals surface area contributed by atoms with E-state index in [1.54, 1.807) is 63.4 Å². The molecule has 0 spiro atoms. The normalized spacial score (nSPS) is 26.1. The highest BCUT2D eigenvalue weighted by atomic mass is 16.6. The summed E-state index contributed by atoms with van der Waals surface area (Å²) in [5.41, 5.74) is 1.13. The molecule has 2 aromatic carbocycles. The van der Waals surface area contributed by atoms with Crippen molar-refractivity contribution in [1.29, 1.82) is 0 Å². The lowest BCUT2D eigenvalue weighted by molar-refractivity contribution is -0.145. The maximum absolute atomic E-state index is 15.0. The van der Waals surface area contributed by atoms with Crippen molar-refractivity contribution in [3.63, 3.8) is 0 Å². The fraction of sp³-hybridized carbons (Fsp3) is 0.589. The summed E-state index contributed by atoms with van der Waals surface area (Å²) in [5.74, 6) is -6.58. The number of para-hydroxylation sites is 1. The summed E-state index contributed by atoms with van der Waals surface area (Å²) < 4.78 is 13.6. The van der Waals surface area contributed by atoms with Gasteiger partial charge in [0.25, 0.3) is 0 Å². The van der Waals surface area contributed by atoms with Crippen LogP contribution in [0.25, 0.3) is 10.9 Å². The molecule has 2 saturated heterocycles. The van der Waals surface area contributed by atoms with E-state index in [1.807, 2.05) is 63.5 Å². The first kappa shape index (κ1) is 59.7. The van der Waals surface area contributed by atoms with Gasteiger partial charge in [-0.25, -0.2) is 0 Å². The third-order valence-electron chi connectivity index (χ3n) is 14.7. The molecule has 412 valence electrons. The van der Waals surface area contributed by atoms with E-state index >= 15 is 0 Å². The third-order valence-corrected chi connectivity index (χ3v) is 14.7. The van der Waals surface area contributed by atoms with Gasteiger partial charge in [0.15, 0.2) is 0 Å². The number of ether oxygens (including phenoxy) is 2. The zero-order chi connectivity index (χ0) is 55.6. The molecular formula is C56H82N8O11. The van der Waals surface area contributed by atoms with Crippen molar-refractivity contribution < 1.29 is 53.2 Å². The van der Waals surface area contributed by atoms with Crippen LogP contribution in [-0.2, 0) is 48.6 Å². The topological polar surface area (TPSA) is 253 Å². The zero-order valence-electron chi connectivity index (χ0n) is 45.8. The largest absolute Gasteiger partial charge is 0.396 e. The number of nitrogens with one attached hydrogen (secondary N) is 5. The number of aromatic nitrogens is 1. The summed E-state index contributed by atoms with van der Waals surface area (Å²) >= 11 is 0. The van der Waals surface area contributed by atoms with Gasteiger partial charge in [-0.15, -0.1) is 6.58 Å². The molecule has 0 saturated carbocycles. The average molecular weight is 1040 g/mol. The molecule has 3 aromatic rings. The maximum Gasteiger partial charge on any atom is 0.246 e. The average Bonchev–Trinajstić information content (AvgIpc) is 4.18. The number of carbonyl (C=O) groups is 7. The smallest absolute Gasteiger partial charge is 0.246 e. The molecular weight excluding hydrogens is 961 g/mol. The molecule has 0 radical (unpaired) electrons. The van der Waals surface area contributed by atoms with Gasteiger partial charge in [0.2, 0.25) is 41.4 Å². The van der Waals surface area contributed by atoms with Gasteiger partial charge < -0.3 is 60.6 Å². The molecule has 2 unspecified atom stereocenters. The van der Waals surface area contributed by atoms with Gasteiger partial charge in [0.1, 0.15) is 54.6 Å². The van der Waals surface area contributed by atoms with E-state index in [1.165, 1.54) is 37.9 Å². The van der Waals surface area contributed by atoms with Gasteiger partial charge in [0, 0.05) is 56.9 Å². The lowest BCUT2D eigenvalue weighted by Crippen LogP contribution is -2.62. The van der Waals surface area contributed by atoms with E-state index in [9.17, 15) is 43.8 Å². The first-order valence-electron chi connectivity index (χ1n) is 26.1. The number of nitrogens with zero attached hydrogens (tertiary/aromatic N) is 3. The van der Waals surface area contributed by atoms with Crippen molar-refractivity contribution in [3.8, 4) is 0 Å². The number of hydrogen-bond donors (Lipinski definition) is 7. The summed E-state index contributed by atoms with van der Waals surface area (Å²) in [6, 6.07) is 7.00. The van der Waals surface area contributed by atoms with E-state index in [0.29, 0.717) is 23.1 Å². The van der Waals surface area contributed by atoms with Crippen LogP contribution in [0, 0.1) is 23.7 Å². The predicted molar refractivity (Wildman–Crippen MR) is 284 cm³/mol. The molecule has 7 N–H and O–H groups in total. The van der Waals surface area contributed by atoms with Gasteiger partial charge in [-0.3, -0.25) is 33.6 Å². The Kier molecular flexibility index (Phi) is 20.8. The second kappa shape index (κ2) is 26.1. The summed E-state index contributed by atoms with van der Waals surface area (Å²) in [6.45, 7) is 20.3. The minimum Gasteiger partial charge on any atom is -0.396 e. The number of hydrogen-bond acceptors (Lipinski definition) is 11. The molecule has 0 bridgehead atoms. The number of allylic oxidation sites excluding steroid dienone is 1. The van der Waals surface area contributed by atoms with E-state index in [0.717, 1.165) is 5.52 Å². The lowest BCUT2D eigenvalue weighted by Gasteiger charge is -2.36. The Morgan fingerprint density at radius 3 is 1.96 bits per heavy atom. The number of aliphatic hydroxyl groups is 2. The monoisotopic (exact) mass is 1040 g/mol. The Labute approximate surface area is 441 Å². The first-order valence-corrected chi connectivity index (χ1v) is 26.1. The van der Waals surface area contributed by atoms with Gasteiger partial charge >= 0.3 is 0 Å². The Morgan fingerprint density at radius 1 is 0.773 bits per heavy atom. The number of amides is 7. The minimum atomic E-state index is -1.54. The number of benzene rings is 2. The number of aliphatic hydroxyl groups excluding tert-OH is 2. The lowest BCUT2D eigenvalue weighted by atomic mass is 9.95. The fourth-order valence-corrected chi connectivity index (χ4v) is 9.70. The molecule has 75 heavy (non-hydrogen) atoms. The van der Waals surface area contributed by atoms with Crippen LogP contribution in [0.4, 0.5) is 0 Å². The van der Waals surface area contributed by atoms with Crippen molar-refractivity contribution in [3.05, 3.63) is 84.6 Å². The summed E-state index contributed by atoms with van der Waals surface area (Å²) in [7, 11) is 4.22. The molecule has 2 fully saturated rings. The molecule has 3 heterocycles. The van der Waals surface area contributed by atoms with Crippen LogP contribution in [0.3, 0.4) is 0 Å². The molecule has 0 aliphatic carbocycles. The van der Waals surface area contributed by atoms with Crippen LogP contribution in [-0.4, -0.2) is 149 Å². The van der Waals surface area contributed by atoms with E-state index in [2.05, 4.69) is 33.2 Å². The van der Waals surface area contributed by atoms with Crippen LogP contribution in [0.1, 0.15) is 111 Å². The van der Waals surface area contributed by atoms with E-state index < -0.39 is 120 Å². The quantitative estimate of drug-likeness (QED) is 0.0806. The third kappa shape index (κ3) is 14.6. The molecule has 2 aliphatic rings. The van der Waals surface area contributed by atoms with Crippen LogP contribution in [0.2, 0.25) is 0 Å². The molecule has 7 amide bonds. The van der Waals surface area contributed by atoms with Crippen LogP contribution >= 0.6 is 0 Å². The molecule has 19 heteroatoms. The van der Waals surface area contributed by atoms with Crippen molar-refractivity contribution in [2.45, 2.75) is 154 Å². The molecule has 1 aromatic heterocycles. The number of rotatable bonds is 16. The van der Waals surface area contributed by atoms with Gasteiger partial charge in [-0.1, -0.05) is 96.1 Å². The van der Waals surface area contributed by atoms with Crippen molar-refractivity contribution in [2.75, 3.05) is 34.4 Å². The molecule has 19 nitrogen and oxygen atoms in total. The minimum absolute atomic E-state index is 0.0397. The van der Waals surface area contributed by atoms with Gasteiger partial charge in [-0.05, 0) is 75.3 Å².